The number of nitrogens with zero attached hydrogens (tertiary/aromatic N) is 1. The van der Waals surface area contributed by atoms with Crippen molar-refractivity contribution in [3.63, 3.8) is 0 Å². The molecule has 0 fully saturated rings. The van der Waals surface area contributed by atoms with Crippen molar-refractivity contribution in [3.05, 3.63) is 96.5 Å². The van der Waals surface area contributed by atoms with Gasteiger partial charge < -0.3 is 10.1 Å². The largest absolute Gasteiger partial charge is 0.488 e. The molecule has 0 aromatic heterocycles. The lowest BCUT2D eigenvalue weighted by Crippen LogP contribution is -2.14. The molecule has 0 unspecified atom stereocenters. The third-order valence-electron chi connectivity index (χ3n) is 4.42. The molecular weight excluding hydrogens is 546 g/mol. The van der Waals surface area contributed by atoms with E-state index in [0.29, 0.717) is 33.7 Å². The van der Waals surface area contributed by atoms with Crippen molar-refractivity contribution in [3.8, 4) is 11.8 Å². The third kappa shape index (κ3) is 6.23. The number of hydrogen-bond acceptors (Lipinski definition) is 3. The van der Waals surface area contributed by atoms with Gasteiger partial charge in [0.15, 0.2) is 0 Å². The van der Waals surface area contributed by atoms with E-state index in [1.807, 2.05) is 43.3 Å². The van der Waals surface area contributed by atoms with Gasteiger partial charge >= 0.3 is 0 Å². The molecule has 3 aromatic rings. The minimum absolute atomic E-state index is 0.0140. The Morgan fingerprint density at radius 3 is 2.65 bits per heavy atom. The second kappa shape index (κ2) is 10.7. The lowest BCUT2D eigenvalue weighted by atomic mass is 10.1. The zero-order valence-corrected chi connectivity index (χ0v) is 20.1. The number of nitrogens with one attached hydrogen (secondary N) is 1. The molecule has 0 atom stereocenters. The van der Waals surface area contributed by atoms with E-state index in [0.717, 1.165) is 14.7 Å². The van der Waals surface area contributed by atoms with E-state index in [2.05, 4.69) is 27.9 Å². The molecule has 0 saturated heterocycles. The normalized spacial score (nSPS) is 11.0. The standard InChI is InChI=1S/C24H17Cl2IN2O2/c1-15-6-8-19(25)12-22(15)29-24(30)18(13-28)10-16-7-9-23(21(27)11-16)31-14-17-4-2-3-5-20(17)26/h2-12H,14H2,1H3,(H,29,30)/b18-10+. The van der Waals surface area contributed by atoms with Crippen LogP contribution in [0.15, 0.2) is 66.2 Å². The predicted molar refractivity (Wildman–Crippen MR) is 133 cm³/mol. The highest BCUT2D eigenvalue weighted by molar-refractivity contribution is 14.1. The van der Waals surface area contributed by atoms with Crippen LogP contribution in [0.25, 0.3) is 6.08 Å². The van der Waals surface area contributed by atoms with Crippen LogP contribution in [0.2, 0.25) is 10.0 Å². The first-order chi connectivity index (χ1) is 14.9. The topological polar surface area (TPSA) is 62.1 Å². The lowest BCUT2D eigenvalue weighted by Gasteiger charge is -2.10. The fraction of sp³-hybridized carbons (Fsp3) is 0.0833. The van der Waals surface area contributed by atoms with Crippen LogP contribution in [0.3, 0.4) is 0 Å². The Morgan fingerprint density at radius 2 is 1.94 bits per heavy atom. The Hall–Kier alpha value is -2.53. The fourth-order valence-corrected chi connectivity index (χ4v) is 3.79. The molecule has 156 valence electrons. The second-order valence-corrected chi connectivity index (χ2v) is 8.66. The molecular formula is C24H17Cl2IN2O2. The molecule has 0 spiro atoms. The minimum Gasteiger partial charge on any atom is -0.488 e. The first-order valence-electron chi connectivity index (χ1n) is 9.22. The number of carbonyl (C=O) groups is 1. The molecule has 3 aromatic carbocycles. The summed E-state index contributed by atoms with van der Waals surface area (Å²) in [4.78, 5) is 12.6. The number of aryl methyl sites for hydroxylation is 1. The maximum Gasteiger partial charge on any atom is 0.266 e. The van der Waals surface area contributed by atoms with E-state index in [4.69, 9.17) is 27.9 Å². The summed E-state index contributed by atoms with van der Waals surface area (Å²) < 4.78 is 6.72. The first kappa shape index (κ1) is 23.1. The molecule has 1 N–H and O–H groups in total. The highest BCUT2D eigenvalue weighted by Gasteiger charge is 2.12. The van der Waals surface area contributed by atoms with Gasteiger partial charge in [0.1, 0.15) is 24.0 Å². The van der Waals surface area contributed by atoms with Gasteiger partial charge in [0.2, 0.25) is 0 Å². The predicted octanol–water partition coefficient (Wildman–Crippen LogP) is 7.03. The Kier molecular flexibility index (Phi) is 7.97. The molecule has 0 aliphatic carbocycles. The van der Waals surface area contributed by atoms with E-state index in [1.54, 1.807) is 30.3 Å². The van der Waals surface area contributed by atoms with Gasteiger partial charge in [-0.3, -0.25) is 4.79 Å². The molecule has 0 radical (unpaired) electrons. The number of hydrogen-bond donors (Lipinski definition) is 1. The van der Waals surface area contributed by atoms with Crippen LogP contribution >= 0.6 is 45.8 Å². The zero-order valence-electron chi connectivity index (χ0n) is 16.5. The molecule has 0 saturated carbocycles. The number of benzene rings is 3. The third-order valence-corrected chi connectivity index (χ3v) is 5.87. The highest BCUT2D eigenvalue weighted by atomic mass is 127. The summed E-state index contributed by atoms with van der Waals surface area (Å²) in [5.41, 5.74) is 3.01. The lowest BCUT2D eigenvalue weighted by molar-refractivity contribution is -0.112. The van der Waals surface area contributed by atoms with Gasteiger partial charge in [0.05, 0.1) is 3.57 Å². The van der Waals surface area contributed by atoms with Gasteiger partial charge in [0.25, 0.3) is 5.91 Å². The van der Waals surface area contributed by atoms with Crippen molar-refractivity contribution in [2.45, 2.75) is 13.5 Å². The van der Waals surface area contributed by atoms with Crippen molar-refractivity contribution in [2.24, 2.45) is 0 Å². The van der Waals surface area contributed by atoms with Crippen LogP contribution < -0.4 is 10.1 Å². The molecule has 0 aliphatic rings. The van der Waals surface area contributed by atoms with Crippen LogP contribution in [-0.2, 0) is 11.4 Å². The summed E-state index contributed by atoms with van der Waals surface area (Å²) in [6.07, 6.45) is 1.54. The maximum atomic E-state index is 12.6. The van der Waals surface area contributed by atoms with Crippen LogP contribution in [-0.4, -0.2) is 5.91 Å². The van der Waals surface area contributed by atoms with Gasteiger partial charge in [0, 0.05) is 21.3 Å². The Morgan fingerprint density at radius 1 is 1.16 bits per heavy atom. The summed E-state index contributed by atoms with van der Waals surface area (Å²) in [7, 11) is 0. The van der Waals surface area contributed by atoms with Crippen LogP contribution in [0.4, 0.5) is 5.69 Å². The van der Waals surface area contributed by atoms with Crippen molar-refractivity contribution >= 4 is 63.5 Å². The van der Waals surface area contributed by atoms with Gasteiger partial charge in [-0.15, -0.1) is 0 Å². The van der Waals surface area contributed by atoms with Gasteiger partial charge in [-0.1, -0.05) is 53.5 Å². The summed E-state index contributed by atoms with van der Waals surface area (Å²) in [6, 6.07) is 20.1. The number of nitriles is 1. The van der Waals surface area contributed by atoms with Crippen molar-refractivity contribution < 1.29 is 9.53 Å². The number of rotatable bonds is 6. The summed E-state index contributed by atoms with van der Waals surface area (Å²) in [5, 5.41) is 13.4. The van der Waals surface area contributed by atoms with Crippen molar-refractivity contribution in [1.29, 1.82) is 5.26 Å². The van der Waals surface area contributed by atoms with Crippen LogP contribution in [0.5, 0.6) is 5.75 Å². The summed E-state index contributed by atoms with van der Waals surface area (Å²) in [6.45, 7) is 2.20. The van der Waals surface area contributed by atoms with Crippen LogP contribution in [0.1, 0.15) is 16.7 Å². The number of anilines is 1. The Labute approximate surface area is 204 Å². The van der Waals surface area contributed by atoms with Gasteiger partial charge in [-0.25, -0.2) is 0 Å². The number of amides is 1. The number of halogens is 3. The summed E-state index contributed by atoms with van der Waals surface area (Å²) in [5.74, 6) is 0.192. The highest BCUT2D eigenvalue weighted by Crippen LogP contribution is 2.26. The average molecular weight is 563 g/mol. The van der Waals surface area contributed by atoms with Crippen LogP contribution in [0, 0.1) is 21.8 Å². The van der Waals surface area contributed by atoms with Crippen molar-refractivity contribution in [1.82, 2.24) is 0 Å². The van der Waals surface area contributed by atoms with E-state index < -0.39 is 5.91 Å². The molecule has 0 heterocycles. The molecule has 4 nitrogen and oxygen atoms in total. The molecule has 31 heavy (non-hydrogen) atoms. The number of ether oxygens (including phenoxy) is 1. The van der Waals surface area contributed by atoms with Crippen molar-refractivity contribution in [2.75, 3.05) is 5.32 Å². The minimum atomic E-state index is -0.498. The van der Waals surface area contributed by atoms with Gasteiger partial charge in [-0.2, -0.15) is 5.26 Å². The molecule has 0 aliphatic heterocycles. The SMILES string of the molecule is Cc1ccc(Cl)cc1NC(=O)/C(C#N)=C/c1ccc(OCc2ccccc2Cl)c(I)c1. The van der Waals surface area contributed by atoms with E-state index in [1.165, 1.54) is 6.08 Å². The molecule has 3 rings (SSSR count). The number of carbonyl (C=O) groups excluding carboxylic acids is 1. The molecule has 1 amide bonds. The molecule has 7 heteroatoms. The Bertz CT molecular complexity index is 1200. The Balaban J connectivity index is 1.74. The molecule has 0 bridgehead atoms. The average Bonchev–Trinajstić information content (AvgIpc) is 2.75. The van der Waals surface area contributed by atoms with E-state index in [-0.39, 0.29) is 5.57 Å². The van der Waals surface area contributed by atoms with E-state index >= 15 is 0 Å². The smallest absolute Gasteiger partial charge is 0.266 e. The fourth-order valence-electron chi connectivity index (χ4n) is 2.73. The quantitative estimate of drug-likeness (QED) is 0.199. The van der Waals surface area contributed by atoms with E-state index in [9.17, 15) is 10.1 Å². The summed E-state index contributed by atoms with van der Waals surface area (Å²) >= 11 is 14.3. The zero-order chi connectivity index (χ0) is 22.4. The van der Waals surface area contributed by atoms with Gasteiger partial charge in [-0.05, 0) is 77.0 Å². The second-order valence-electron chi connectivity index (χ2n) is 6.65. The maximum absolute atomic E-state index is 12.6. The first-order valence-corrected chi connectivity index (χ1v) is 11.1. The monoisotopic (exact) mass is 562 g/mol.